The van der Waals surface area contributed by atoms with Crippen molar-refractivity contribution in [2.45, 2.75) is 6.92 Å². The average molecular weight is 258 g/mol. The highest BCUT2D eigenvalue weighted by molar-refractivity contribution is 5.74. The molecule has 4 heteroatoms. The lowest BCUT2D eigenvalue weighted by atomic mass is 10.2. The van der Waals surface area contributed by atoms with E-state index in [1.807, 2.05) is 49.4 Å². The van der Waals surface area contributed by atoms with Gasteiger partial charge in [-0.1, -0.05) is 0 Å². The molecule has 3 N–H and O–H groups in total. The summed E-state index contributed by atoms with van der Waals surface area (Å²) >= 11 is 0. The molecule has 0 unspecified atom stereocenters. The maximum Gasteiger partial charge on any atom is 0.121 e. The summed E-state index contributed by atoms with van der Waals surface area (Å²) in [6, 6.07) is 13.2. The molecule has 0 fully saturated rings. The molecule has 19 heavy (non-hydrogen) atoms. The fourth-order valence-electron chi connectivity index (χ4n) is 1.73. The van der Waals surface area contributed by atoms with Crippen LogP contribution < -0.4 is 20.5 Å². The molecule has 4 nitrogen and oxygen atoms in total. The maximum absolute atomic E-state index is 5.95. The first-order valence-electron chi connectivity index (χ1n) is 6.16. The SMILES string of the molecule is CCOc1ccc(N)c(Nc2ccc(OC)cc2)c1. The minimum Gasteiger partial charge on any atom is -0.497 e. The second-order valence-corrected chi connectivity index (χ2v) is 4.04. The molecule has 0 aromatic heterocycles. The Morgan fingerprint density at radius 1 is 1.05 bits per heavy atom. The summed E-state index contributed by atoms with van der Waals surface area (Å²) < 4.78 is 10.6. The molecule has 0 saturated carbocycles. The molecule has 0 aliphatic rings. The number of rotatable bonds is 5. The lowest BCUT2D eigenvalue weighted by Gasteiger charge is -2.12. The van der Waals surface area contributed by atoms with Gasteiger partial charge in [-0.05, 0) is 43.3 Å². The van der Waals surface area contributed by atoms with Gasteiger partial charge in [0, 0.05) is 11.8 Å². The van der Waals surface area contributed by atoms with E-state index in [1.165, 1.54) is 0 Å². The molecule has 0 spiro atoms. The maximum atomic E-state index is 5.95. The molecule has 0 bridgehead atoms. The number of methoxy groups -OCH3 is 1. The lowest BCUT2D eigenvalue weighted by Crippen LogP contribution is -1.98. The largest absolute Gasteiger partial charge is 0.497 e. The molecule has 0 heterocycles. The van der Waals surface area contributed by atoms with Gasteiger partial charge in [0.2, 0.25) is 0 Å². The third-order valence-electron chi connectivity index (χ3n) is 2.70. The number of hydrogen-bond donors (Lipinski definition) is 2. The van der Waals surface area contributed by atoms with E-state index in [4.69, 9.17) is 15.2 Å². The van der Waals surface area contributed by atoms with Crippen LogP contribution in [0.5, 0.6) is 11.5 Å². The van der Waals surface area contributed by atoms with Gasteiger partial charge in [0.05, 0.1) is 25.1 Å². The van der Waals surface area contributed by atoms with Crippen LogP contribution in [0.25, 0.3) is 0 Å². The van der Waals surface area contributed by atoms with Gasteiger partial charge < -0.3 is 20.5 Å². The third-order valence-corrected chi connectivity index (χ3v) is 2.70. The van der Waals surface area contributed by atoms with Crippen molar-refractivity contribution in [1.29, 1.82) is 0 Å². The molecule has 2 aromatic rings. The smallest absolute Gasteiger partial charge is 0.121 e. The second-order valence-electron chi connectivity index (χ2n) is 4.04. The monoisotopic (exact) mass is 258 g/mol. The Bertz CT molecular complexity index is 538. The van der Waals surface area contributed by atoms with Gasteiger partial charge in [-0.25, -0.2) is 0 Å². The Kier molecular flexibility index (Phi) is 4.13. The molecule has 0 aliphatic heterocycles. The summed E-state index contributed by atoms with van der Waals surface area (Å²) in [7, 11) is 1.64. The van der Waals surface area contributed by atoms with Crippen LogP contribution in [0.3, 0.4) is 0 Å². The first kappa shape index (κ1) is 13.1. The van der Waals surface area contributed by atoms with E-state index >= 15 is 0 Å². The first-order chi connectivity index (χ1) is 9.22. The van der Waals surface area contributed by atoms with Gasteiger partial charge in [-0.2, -0.15) is 0 Å². The predicted molar refractivity (Wildman–Crippen MR) is 78.3 cm³/mol. The van der Waals surface area contributed by atoms with Gasteiger partial charge in [-0.15, -0.1) is 0 Å². The quantitative estimate of drug-likeness (QED) is 0.807. The van der Waals surface area contributed by atoms with Crippen LogP contribution >= 0.6 is 0 Å². The zero-order valence-corrected chi connectivity index (χ0v) is 11.1. The molecule has 0 saturated heterocycles. The van der Waals surface area contributed by atoms with Crippen molar-refractivity contribution in [3.63, 3.8) is 0 Å². The first-order valence-corrected chi connectivity index (χ1v) is 6.16. The van der Waals surface area contributed by atoms with E-state index < -0.39 is 0 Å². The second kappa shape index (κ2) is 6.00. The van der Waals surface area contributed by atoms with E-state index in [2.05, 4.69) is 5.32 Å². The fourth-order valence-corrected chi connectivity index (χ4v) is 1.73. The Hall–Kier alpha value is -2.36. The van der Waals surface area contributed by atoms with Gasteiger partial charge in [0.15, 0.2) is 0 Å². The van der Waals surface area contributed by atoms with E-state index in [9.17, 15) is 0 Å². The summed E-state index contributed by atoms with van der Waals surface area (Å²) in [6.07, 6.45) is 0. The third kappa shape index (κ3) is 3.31. The molecule has 100 valence electrons. The minimum atomic E-state index is 0.631. The van der Waals surface area contributed by atoms with Crippen LogP contribution in [0.15, 0.2) is 42.5 Å². The topological polar surface area (TPSA) is 56.5 Å². The van der Waals surface area contributed by atoms with Gasteiger partial charge in [-0.3, -0.25) is 0 Å². The van der Waals surface area contributed by atoms with Crippen molar-refractivity contribution < 1.29 is 9.47 Å². The Morgan fingerprint density at radius 2 is 1.74 bits per heavy atom. The van der Waals surface area contributed by atoms with Gasteiger partial charge in [0.1, 0.15) is 11.5 Å². The van der Waals surface area contributed by atoms with Crippen LogP contribution in [-0.4, -0.2) is 13.7 Å². The van der Waals surface area contributed by atoms with Crippen molar-refractivity contribution >= 4 is 17.1 Å². The summed E-state index contributed by atoms with van der Waals surface area (Å²) in [5, 5.41) is 3.26. The van der Waals surface area contributed by atoms with Crippen LogP contribution in [0.4, 0.5) is 17.1 Å². The zero-order valence-electron chi connectivity index (χ0n) is 11.1. The Labute approximate surface area is 113 Å². The summed E-state index contributed by atoms with van der Waals surface area (Å²) in [4.78, 5) is 0. The van der Waals surface area contributed by atoms with Gasteiger partial charge in [0.25, 0.3) is 0 Å². The lowest BCUT2D eigenvalue weighted by molar-refractivity contribution is 0.340. The number of ether oxygens (including phenoxy) is 2. The van der Waals surface area contributed by atoms with Crippen LogP contribution in [0.1, 0.15) is 6.92 Å². The highest BCUT2D eigenvalue weighted by atomic mass is 16.5. The van der Waals surface area contributed by atoms with Crippen LogP contribution in [0, 0.1) is 0 Å². The Balaban J connectivity index is 2.18. The highest BCUT2D eigenvalue weighted by Gasteiger charge is 2.03. The summed E-state index contributed by atoms with van der Waals surface area (Å²) in [5.41, 5.74) is 8.40. The van der Waals surface area contributed by atoms with Crippen molar-refractivity contribution in [1.82, 2.24) is 0 Å². The van der Waals surface area contributed by atoms with Crippen LogP contribution in [0.2, 0.25) is 0 Å². The highest BCUT2D eigenvalue weighted by Crippen LogP contribution is 2.28. The number of nitrogens with two attached hydrogens (primary N) is 1. The fraction of sp³-hybridized carbons (Fsp3) is 0.200. The minimum absolute atomic E-state index is 0.631. The van der Waals surface area contributed by atoms with Crippen molar-refractivity contribution in [3.8, 4) is 11.5 Å². The molecular formula is C15H18N2O2. The number of nitrogen functional groups attached to an aromatic ring is 1. The van der Waals surface area contributed by atoms with E-state index in [1.54, 1.807) is 7.11 Å². The van der Waals surface area contributed by atoms with Crippen molar-refractivity contribution in [2.75, 3.05) is 24.8 Å². The summed E-state index contributed by atoms with van der Waals surface area (Å²) in [6.45, 7) is 2.58. The van der Waals surface area contributed by atoms with E-state index in [-0.39, 0.29) is 0 Å². The standard InChI is InChI=1S/C15H18N2O2/c1-3-19-13-8-9-14(16)15(10-13)17-11-4-6-12(18-2)7-5-11/h4-10,17H,3,16H2,1-2H3. The molecule has 0 radical (unpaired) electrons. The predicted octanol–water partition coefficient (Wildman–Crippen LogP) is 3.42. The number of anilines is 3. The number of nitrogens with one attached hydrogen (secondary N) is 1. The average Bonchev–Trinajstić information content (AvgIpc) is 2.44. The molecule has 2 rings (SSSR count). The van der Waals surface area contributed by atoms with Crippen LogP contribution in [-0.2, 0) is 0 Å². The van der Waals surface area contributed by atoms with Gasteiger partial charge >= 0.3 is 0 Å². The zero-order chi connectivity index (χ0) is 13.7. The van der Waals surface area contributed by atoms with Crippen molar-refractivity contribution in [2.24, 2.45) is 0 Å². The summed E-state index contributed by atoms with van der Waals surface area (Å²) in [5.74, 6) is 1.62. The normalized spacial score (nSPS) is 10.0. The van der Waals surface area contributed by atoms with E-state index in [0.29, 0.717) is 12.3 Å². The molecule has 0 aliphatic carbocycles. The molecule has 0 amide bonds. The molecule has 2 aromatic carbocycles. The van der Waals surface area contributed by atoms with Crippen molar-refractivity contribution in [3.05, 3.63) is 42.5 Å². The van der Waals surface area contributed by atoms with E-state index in [0.717, 1.165) is 22.9 Å². The molecular weight excluding hydrogens is 240 g/mol. The number of benzene rings is 2. The molecule has 0 atom stereocenters. The Morgan fingerprint density at radius 3 is 2.37 bits per heavy atom. The number of hydrogen-bond acceptors (Lipinski definition) is 4.